The Morgan fingerprint density at radius 1 is 1.38 bits per heavy atom. The smallest absolute Gasteiger partial charge is 0.0510 e. The van der Waals surface area contributed by atoms with Crippen LogP contribution in [-0.4, -0.2) is 43.8 Å². The van der Waals surface area contributed by atoms with Crippen molar-refractivity contribution in [3.63, 3.8) is 0 Å². The molecule has 0 amide bonds. The summed E-state index contributed by atoms with van der Waals surface area (Å²) in [5, 5.41) is 0. The highest BCUT2D eigenvalue weighted by atomic mass is 16.5. The molecule has 3 heteroatoms. The molecule has 2 N–H and O–H groups in total. The maximum absolute atomic E-state index is 6.23. The summed E-state index contributed by atoms with van der Waals surface area (Å²) in [6.07, 6.45) is 2.37. The molecule has 0 aromatic carbocycles. The lowest BCUT2D eigenvalue weighted by Gasteiger charge is -2.30. The molecule has 1 rings (SSSR count). The fourth-order valence-corrected chi connectivity index (χ4v) is 2.41. The lowest BCUT2D eigenvalue weighted by Crippen LogP contribution is -2.44. The van der Waals surface area contributed by atoms with E-state index in [-0.39, 0.29) is 6.04 Å². The third-order valence-corrected chi connectivity index (χ3v) is 3.63. The Labute approximate surface area is 100 Å². The molecule has 0 saturated carbocycles. The summed E-state index contributed by atoms with van der Waals surface area (Å²) in [7, 11) is 2.18. The normalized spacial score (nSPS) is 25.3. The average molecular weight is 228 g/mol. The molecule has 0 aliphatic carbocycles. The van der Waals surface area contributed by atoms with Gasteiger partial charge in [0.25, 0.3) is 0 Å². The molecule has 0 aromatic heterocycles. The summed E-state index contributed by atoms with van der Waals surface area (Å²) in [6, 6.07) is 0.885. The monoisotopic (exact) mass is 228 g/mol. The molecule has 0 radical (unpaired) electrons. The quantitative estimate of drug-likeness (QED) is 0.752. The summed E-state index contributed by atoms with van der Waals surface area (Å²) in [6.45, 7) is 9.57. The van der Waals surface area contributed by atoms with Gasteiger partial charge in [-0.3, -0.25) is 0 Å². The van der Waals surface area contributed by atoms with Crippen molar-refractivity contribution in [2.45, 2.75) is 45.7 Å². The first-order valence-corrected chi connectivity index (χ1v) is 6.54. The Morgan fingerprint density at radius 2 is 2.06 bits per heavy atom. The molecule has 1 aliphatic heterocycles. The van der Waals surface area contributed by atoms with Crippen LogP contribution in [0.4, 0.5) is 0 Å². The topological polar surface area (TPSA) is 38.5 Å². The zero-order valence-corrected chi connectivity index (χ0v) is 11.3. The van der Waals surface area contributed by atoms with Crippen LogP contribution in [0.5, 0.6) is 0 Å². The number of hydrogen-bond donors (Lipinski definition) is 1. The van der Waals surface area contributed by atoms with Crippen LogP contribution in [0.25, 0.3) is 0 Å². The Bertz CT molecular complexity index is 190. The highest BCUT2D eigenvalue weighted by Gasteiger charge is 2.24. The van der Waals surface area contributed by atoms with E-state index < -0.39 is 0 Å². The SMILES string of the molecule is CC(C)CC(C)N(C)CC(N)C1CCOC1. The number of hydrogen-bond acceptors (Lipinski definition) is 3. The zero-order chi connectivity index (χ0) is 12.1. The molecule has 1 fully saturated rings. The van der Waals surface area contributed by atoms with E-state index in [0.717, 1.165) is 32.1 Å². The molecule has 0 bridgehead atoms. The van der Waals surface area contributed by atoms with Crippen molar-refractivity contribution in [1.82, 2.24) is 4.90 Å². The van der Waals surface area contributed by atoms with Crippen molar-refractivity contribution < 1.29 is 4.74 Å². The molecular formula is C13H28N2O. The van der Waals surface area contributed by atoms with Crippen LogP contribution in [-0.2, 0) is 4.74 Å². The van der Waals surface area contributed by atoms with Gasteiger partial charge in [-0.1, -0.05) is 13.8 Å². The predicted octanol–water partition coefficient (Wildman–Crippen LogP) is 1.72. The van der Waals surface area contributed by atoms with Crippen molar-refractivity contribution in [1.29, 1.82) is 0 Å². The number of ether oxygens (including phenoxy) is 1. The van der Waals surface area contributed by atoms with Gasteiger partial charge in [0.05, 0.1) is 6.61 Å². The van der Waals surface area contributed by atoms with Crippen LogP contribution in [0.3, 0.4) is 0 Å². The van der Waals surface area contributed by atoms with Gasteiger partial charge in [-0.05, 0) is 32.7 Å². The van der Waals surface area contributed by atoms with Crippen LogP contribution < -0.4 is 5.73 Å². The van der Waals surface area contributed by atoms with Crippen LogP contribution >= 0.6 is 0 Å². The Balaban J connectivity index is 2.28. The van der Waals surface area contributed by atoms with Crippen molar-refractivity contribution in [3.8, 4) is 0 Å². The van der Waals surface area contributed by atoms with E-state index in [1.807, 2.05) is 0 Å². The molecule has 1 aliphatic rings. The highest BCUT2D eigenvalue weighted by Crippen LogP contribution is 2.17. The number of likely N-dealkylation sites (N-methyl/N-ethyl adjacent to an activating group) is 1. The minimum absolute atomic E-state index is 0.266. The van der Waals surface area contributed by atoms with Crippen molar-refractivity contribution in [3.05, 3.63) is 0 Å². The third kappa shape index (κ3) is 4.40. The van der Waals surface area contributed by atoms with Gasteiger partial charge in [-0.25, -0.2) is 0 Å². The van der Waals surface area contributed by atoms with E-state index in [1.54, 1.807) is 0 Å². The first-order chi connectivity index (χ1) is 7.50. The highest BCUT2D eigenvalue weighted by molar-refractivity contribution is 4.80. The van der Waals surface area contributed by atoms with E-state index in [0.29, 0.717) is 12.0 Å². The van der Waals surface area contributed by atoms with Crippen LogP contribution in [0, 0.1) is 11.8 Å². The lowest BCUT2D eigenvalue weighted by atomic mass is 9.98. The van der Waals surface area contributed by atoms with Gasteiger partial charge < -0.3 is 15.4 Å². The molecule has 0 aromatic rings. The van der Waals surface area contributed by atoms with E-state index in [1.165, 1.54) is 6.42 Å². The second-order valence-corrected chi connectivity index (χ2v) is 5.71. The third-order valence-electron chi connectivity index (χ3n) is 3.63. The summed E-state index contributed by atoms with van der Waals surface area (Å²) in [5.74, 6) is 1.32. The lowest BCUT2D eigenvalue weighted by molar-refractivity contribution is 0.163. The maximum atomic E-state index is 6.23. The first kappa shape index (κ1) is 13.9. The minimum Gasteiger partial charge on any atom is -0.381 e. The first-order valence-electron chi connectivity index (χ1n) is 6.54. The maximum Gasteiger partial charge on any atom is 0.0510 e. The molecule has 3 nitrogen and oxygen atoms in total. The van der Waals surface area contributed by atoms with Gasteiger partial charge in [-0.2, -0.15) is 0 Å². The summed E-state index contributed by atoms with van der Waals surface area (Å²) in [4.78, 5) is 2.39. The van der Waals surface area contributed by atoms with Crippen LogP contribution in [0.2, 0.25) is 0 Å². The van der Waals surface area contributed by atoms with E-state index >= 15 is 0 Å². The molecule has 1 heterocycles. The Kier molecular flexibility index (Phi) is 5.73. The van der Waals surface area contributed by atoms with E-state index in [9.17, 15) is 0 Å². The fraction of sp³-hybridized carbons (Fsp3) is 1.00. The van der Waals surface area contributed by atoms with Crippen molar-refractivity contribution >= 4 is 0 Å². The van der Waals surface area contributed by atoms with Crippen LogP contribution in [0.1, 0.15) is 33.6 Å². The number of nitrogens with two attached hydrogens (primary N) is 1. The predicted molar refractivity (Wildman–Crippen MR) is 68.4 cm³/mol. The van der Waals surface area contributed by atoms with Gasteiger partial charge in [0.15, 0.2) is 0 Å². The molecular weight excluding hydrogens is 200 g/mol. The molecule has 3 unspecified atom stereocenters. The van der Waals surface area contributed by atoms with Gasteiger partial charge in [0.1, 0.15) is 0 Å². The van der Waals surface area contributed by atoms with Gasteiger partial charge in [-0.15, -0.1) is 0 Å². The van der Waals surface area contributed by atoms with Gasteiger partial charge >= 0.3 is 0 Å². The number of nitrogens with zero attached hydrogens (tertiary/aromatic N) is 1. The second kappa shape index (κ2) is 6.58. The Hall–Kier alpha value is -0.120. The summed E-state index contributed by atoms with van der Waals surface area (Å²) < 4.78 is 5.39. The van der Waals surface area contributed by atoms with E-state index in [4.69, 9.17) is 10.5 Å². The summed E-state index contributed by atoms with van der Waals surface area (Å²) >= 11 is 0. The standard InChI is InChI=1S/C13H28N2O/c1-10(2)7-11(3)15(4)8-13(14)12-5-6-16-9-12/h10-13H,5-9,14H2,1-4H3. The Morgan fingerprint density at radius 3 is 2.56 bits per heavy atom. The molecule has 1 saturated heterocycles. The minimum atomic E-state index is 0.266. The summed E-state index contributed by atoms with van der Waals surface area (Å²) in [5.41, 5.74) is 6.23. The van der Waals surface area contributed by atoms with Gasteiger partial charge in [0.2, 0.25) is 0 Å². The zero-order valence-electron chi connectivity index (χ0n) is 11.3. The fourth-order valence-electron chi connectivity index (χ4n) is 2.41. The number of rotatable bonds is 6. The molecule has 96 valence electrons. The molecule has 0 spiro atoms. The van der Waals surface area contributed by atoms with Crippen molar-refractivity contribution in [2.75, 3.05) is 26.8 Å². The van der Waals surface area contributed by atoms with Gasteiger partial charge in [0, 0.05) is 31.2 Å². The van der Waals surface area contributed by atoms with E-state index in [2.05, 4.69) is 32.7 Å². The molecule has 16 heavy (non-hydrogen) atoms. The largest absolute Gasteiger partial charge is 0.381 e. The average Bonchev–Trinajstić information content (AvgIpc) is 2.68. The second-order valence-electron chi connectivity index (χ2n) is 5.71. The molecule has 3 atom stereocenters. The van der Waals surface area contributed by atoms with Crippen molar-refractivity contribution in [2.24, 2.45) is 17.6 Å². The van der Waals surface area contributed by atoms with Crippen LogP contribution in [0.15, 0.2) is 0 Å².